The van der Waals surface area contributed by atoms with Crippen LogP contribution in [0, 0.1) is 19.3 Å². The molecule has 0 saturated carbocycles. The van der Waals surface area contributed by atoms with Crippen molar-refractivity contribution in [3.05, 3.63) is 34.9 Å². The molecule has 3 heteroatoms. The van der Waals surface area contributed by atoms with Crippen molar-refractivity contribution in [2.45, 2.75) is 33.7 Å². The molecule has 0 unspecified atom stereocenters. The molecule has 1 rings (SSSR count). The number of carbonyl (C=O) groups excluding carboxylic acids is 1. The van der Waals surface area contributed by atoms with Gasteiger partial charge in [-0.05, 0) is 44.4 Å². The molecular weight excluding hydrogens is 214 g/mol. The van der Waals surface area contributed by atoms with Gasteiger partial charge in [0.1, 0.15) is 0 Å². The summed E-state index contributed by atoms with van der Waals surface area (Å²) in [5.74, 6) is -0.286. The number of methoxy groups -OCH3 is 1. The number of carbonyl (C=O) groups is 1. The summed E-state index contributed by atoms with van der Waals surface area (Å²) < 4.78 is 4.81. The van der Waals surface area contributed by atoms with Crippen molar-refractivity contribution < 1.29 is 9.53 Å². The Morgan fingerprint density at radius 2 is 1.94 bits per heavy atom. The molecule has 2 N–H and O–H groups in total. The molecule has 0 spiro atoms. The lowest BCUT2D eigenvalue weighted by Crippen LogP contribution is -2.37. The first kappa shape index (κ1) is 13.7. The molecular formula is C14H21NO2. The van der Waals surface area contributed by atoms with Crippen LogP contribution in [0.1, 0.15) is 36.6 Å². The van der Waals surface area contributed by atoms with Gasteiger partial charge >= 0.3 is 5.97 Å². The van der Waals surface area contributed by atoms with E-state index in [1.807, 2.05) is 45.9 Å². The number of esters is 1. The monoisotopic (exact) mass is 235 g/mol. The van der Waals surface area contributed by atoms with E-state index in [4.69, 9.17) is 10.5 Å². The Morgan fingerprint density at radius 3 is 2.47 bits per heavy atom. The van der Waals surface area contributed by atoms with Gasteiger partial charge in [-0.3, -0.25) is 4.79 Å². The van der Waals surface area contributed by atoms with E-state index in [-0.39, 0.29) is 12.0 Å². The molecule has 0 saturated heterocycles. The second kappa shape index (κ2) is 4.88. The van der Waals surface area contributed by atoms with E-state index in [0.29, 0.717) is 0 Å². The number of hydrogen-bond acceptors (Lipinski definition) is 3. The van der Waals surface area contributed by atoms with Crippen molar-refractivity contribution in [1.29, 1.82) is 0 Å². The largest absolute Gasteiger partial charge is 0.469 e. The zero-order chi connectivity index (χ0) is 13.2. The second-order valence-corrected chi connectivity index (χ2v) is 4.98. The van der Waals surface area contributed by atoms with E-state index < -0.39 is 5.41 Å². The van der Waals surface area contributed by atoms with Crippen molar-refractivity contribution in [2.75, 3.05) is 7.11 Å². The van der Waals surface area contributed by atoms with Gasteiger partial charge in [0, 0.05) is 6.04 Å². The van der Waals surface area contributed by atoms with E-state index in [2.05, 4.69) is 0 Å². The van der Waals surface area contributed by atoms with Gasteiger partial charge in [-0.15, -0.1) is 0 Å². The summed E-state index contributed by atoms with van der Waals surface area (Å²) in [5.41, 5.74) is 8.81. The number of ether oxygens (including phenoxy) is 1. The maximum atomic E-state index is 11.7. The minimum Gasteiger partial charge on any atom is -0.469 e. The molecule has 0 aliphatic heterocycles. The highest BCUT2D eigenvalue weighted by Crippen LogP contribution is 2.34. The molecule has 0 radical (unpaired) electrons. The summed E-state index contributed by atoms with van der Waals surface area (Å²) >= 11 is 0. The smallest absolute Gasteiger partial charge is 0.313 e. The lowest BCUT2D eigenvalue weighted by molar-refractivity contribution is -0.152. The molecule has 0 bridgehead atoms. The molecule has 0 heterocycles. The van der Waals surface area contributed by atoms with Crippen LogP contribution in [0.3, 0.4) is 0 Å². The molecule has 1 aromatic carbocycles. The molecule has 0 fully saturated rings. The van der Waals surface area contributed by atoms with Crippen molar-refractivity contribution in [3.8, 4) is 0 Å². The molecule has 1 aromatic rings. The third-order valence-electron chi connectivity index (χ3n) is 3.47. The van der Waals surface area contributed by atoms with Gasteiger partial charge in [0.25, 0.3) is 0 Å². The van der Waals surface area contributed by atoms with E-state index in [1.54, 1.807) is 0 Å². The van der Waals surface area contributed by atoms with Crippen molar-refractivity contribution in [1.82, 2.24) is 0 Å². The van der Waals surface area contributed by atoms with Crippen LogP contribution >= 0.6 is 0 Å². The second-order valence-electron chi connectivity index (χ2n) is 4.98. The maximum Gasteiger partial charge on any atom is 0.313 e. The predicted octanol–water partition coefficient (Wildman–Crippen LogP) is 2.50. The standard InChI is InChI=1S/C14H21NO2/c1-9-7-6-8-11(10(9)2)12(15)14(3,4)13(16)17-5/h6-8,12H,15H2,1-5H3/t12-/m0/s1. The lowest BCUT2D eigenvalue weighted by Gasteiger charge is -2.30. The van der Waals surface area contributed by atoms with Crippen molar-refractivity contribution >= 4 is 5.97 Å². The van der Waals surface area contributed by atoms with Crippen LogP contribution in [0.5, 0.6) is 0 Å². The van der Waals surface area contributed by atoms with Crippen molar-refractivity contribution in [2.24, 2.45) is 11.1 Å². The predicted molar refractivity (Wildman–Crippen MR) is 68.6 cm³/mol. The fourth-order valence-corrected chi connectivity index (χ4v) is 1.89. The molecule has 3 nitrogen and oxygen atoms in total. The quantitative estimate of drug-likeness (QED) is 0.819. The number of benzene rings is 1. The third kappa shape index (κ3) is 2.50. The van der Waals surface area contributed by atoms with Crippen LogP contribution in [-0.2, 0) is 9.53 Å². The normalized spacial score (nSPS) is 13.3. The summed E-state index contributed by atoms with van der Waals surface area (Å²) in [6.45, 7) is 7.69. The minimum absolute atomic E-state index is 0.286. The first-order valence-corrected chi connectivity index (χ1v) is 5.72. The summed E-state index contributed by atoms with van der Waals surface area (Å²) in [6.07, 6.45) is 0. The Bertz CT molecular complexity index is 424. The van der Waals surface area contributed by atoms with Crippen LogP contribution in [-0.4, -0.2) is 13.1 Å². The van der Waals surface area contributed by atoms with Gasteiger partial charge < -0.3 is 10.5 Å². The summed E-state index contributed by atoms with van der Waals surface area (Å²) in [5, 5.41) is 0. The average molecular weight is 235 g/mol. The van der Waals surface area contributed by atoms with Crippen LogP contribution < -0.4 is 5.73 Å². The lowest BCUT2D eigenvalue weighted by atomic mass is 9.79. The first-order chi connectivity index (χ1) is 7.82. The number of aryl methyl sites for hydroxylation is 1. The van der Waals surface area contributed by atoms with Gasteiger partial charge in [0.15, 0.2) is 0 Å². The zero-order valence-electron chi connectivity index (χ0n) is 11.2. The highest BCUT2D eigenvalue weighted by atomic mass is 16.5. The van der Waals surface area contributed by atoms with Crippen LogP contribution in [0.2, 0.25) is 0 Å². The highest BCUT2D eigenvalue weighted by molar-refractivity contribution is 5.77. The van der Waals surface area contributed by atoms with E-state index in [1.165, 1.54) is 12.7 Å². The summed E-state index contributed by atoms with van der Waals surface area (Å²) in [6, 6.07) is 5.61. The Kier molecular flexibility index (Phi) is 3.94. The molecule has 0 amide bonds. The molecule has 0 aliphatic rings. The molecule has 94 valence electrons. The maximum absolute atomic E-state index is 11.7. The van der Waals surface area contributed by atoms with Gasteiger partial charge in [-0.25, -0.2) is 0 Å². The average Bonchev–Trinajstić information content (AvgIpc) is 2.30. The van der Waals surface area contributed by atoms with E-state index in [0.717, 1.165) is 11.1 Å². The molecule has 0 aromatic heterocycles. The van der Waals surface area contributed by atoms with Crippen LogP contribution in [0.25, 0.3) is 0 Å². The number of nitrogens with two attached hydrogens (primary N) is 1. The molecule has 0 aliphatic carbocycles. The Balaban J connectivity index is 3.16. The van der Waals surface area contributed by atoms with Crippen LogP contribution in [0.15, 0.2) is 18.2 Å². The number of hydrogen-bond donors (Lipinski definition) is 1. The summed E-state index contributed by atoms with van der Waals surface area (Å²) in [4.78, 5) is 11.7. The fourth-order valence-electron chi connectivity index (χ4n) is 1.89. The molecule has 17 heavy (non-hydrogen) atoms. The van der Waals surface area contributed by atoms with E-state index >= 15 is 0 Å². The molecule has 1 atom stereocenters. The van der Waals surface area contributed by atoms with Crippen molar-refractivity contribution in [3.63, 3.8) is 0 Å². The van der Waals surface area contributed by atoms with Gasteiger partial charge in [-0.1, -0.05) is 18.2 Å². The Labute approximate surface area is 103 Å². The number of rotatable bonds is 3. The Morgan fingerprint density at radius 1 is 1.35 bits per heavy atom. The minimum atomic E-state index is -0.729. The Hall–Kier alpha value is -1.35. The fraction of sp³-hybridized carbons (Fsp3) is 0.500. The third-order valence-corrected chi connectivity index (χ3v) is 3.47. The zero-order valence-corrected chi connectivity index (χ0v) is 11.2. The van der Waals surface area contributed by atoms with E-state index in [9.17, 15) is 4.79 Å². The SMILES string of the molecule is COC(=O)C(C)(C)[C@@H](N)c1cccc(C)c1C. The summed E-state index contributed by atoms with van der Waals surface area (Å²) in [7, 11) is 1.39. The van der Waals surface area contributed by atoms with Gasteiger partial charge in [0.2, 0.25) is 0 Å². The first-order valence-electron chi connectivity index (χ1n) is 5.72. The van der Waals surface area contributed by atoms with Crippen LogP contribution in [0.4, 0.5) is 0 Å². The topological polar surface area (TPSA) is 52.3 Å². The van der Waals surface area contributed by atoms with Gasteiger partial charge in [0.05, 0.1) is 12.5 Å². The van der Waals surface area contributed by atoms with Gasteiger partial charge in [-0.2, -0.15) is 0 Å². The highest BCUT2D eigenvalue weighted by Gasteiger charge is 2.37.